The Hall–Kier alpha value is -0.0800. The molecule has 2 heteroatoms. The van der Waals surface area contributed by atoms with Crippen LogP contribution in [0.1, 0.15) is 66.2 Å². The van der Waals surface area contributed by atoms with Gasteiger partial charge in [-0.15, -0.1) is 0 Å². The Morgan fingerprint density at radius 2 is 1.94 bits per heavy atom. The molecule has 0 amide bonds. The molecule has 1 atom stereocenters. The fourth-order valence-corrected chi connectivity index (χ4v) is 3.18. The van der Waals surface area contributed by atoms with Gasteiger partial charge in [-0.05, 0) is 37.0 Å². The molecule has 2 rings (SSSR count). The van der Waals surface area contributed by atoms with Gasteiger partial charge in [0, 0.05) is 19.2 Å². The molecule has 1 saturated heterocycles. The molecule has 1 unspecified atom stereocenters. The second-order valence-corrected chi connectivity index (χ2v) is 7.45. The van der Waals surface area contributed by atoms with Crippen LogP contribution in [0.4, 0.5) is 0 Å². The first kappa shape index (κ1) is 14.3. The minimum Gasteiger partial charge on any atom is -0.375 e. The van der Waals surface area contributed by atoms with Crippen molar-refractivity contribution in [2.24, 2.45) is 11.3 Å². The Bertz CT molecular complexity index is 266. The number of ether oxygens (including phenoxy) is 1. The molecule has 1 aliphatic carbocycles. The average molecular weight is 253 g/mol. The second-order valence-electron chi connectivity index (χ2n) is 7.45. The normalized spacial score (nSPS) is 28.2. The Balaban J connectivity index is 1.83. The molecule has 2 fully saturated rings. The van der Waals surface area contributed by atoms with E-state index in [1.54, 1.807) is 0 Å². The van der Waals surface area contributed by atoms with Crippen LogP contribution in [0.15, 0.2) is 0 Å². The number of hydrogen-bond donors (Lipinski definition) is 1. The van der Waals surface area contributed by atoms with Crippen LogP contribution in [0, 0.1) is 11.3 Å². The molecular weight excluding hydrogens is 222 g/mol. The average Bonchev–Trinajstić information content (AvgIpc) is 2.75. The van der Waals surface area contributed by atoms with E-state index < -0.39 is 0 Å². The Kier molecular flexibility index (Phi) is 4.38. The molecule has 18 heavy (non-hydrogen) atoms. The van der Waals surface area contributed by atoms with Crippen molar-refractivity contribution in [2.75, 3.05) is 13.2 Å². The van der Waals surface area contributed by atoms with Crippen LogP contribution in [0.5, 0.6) is 0 Å². The summed E-state index contributed by atoms with van der Waals surface area (Å²) in [6, 6.07) is 0.676. The highest BCUT2D eigenvalue weighted by molar-refractivity contribution is 4.94. The van der Waals surface area contributed by atoms with Gasteiger partial charge in [-0.2, -0.15) is 0 Å². The third-order valence-corrected chi connectivity index (χ3v) is 5.42. The van der Waals surface area contributed by atoms with Gasteiger partial charge in [0.25, 0.3) is 0 Å². The van der Waals surface area contributed by atoms with Crippen molar-refractivity contribution in [3.05, 3.63) is 0 Å². The standard InChI is InChI=1S/C16H31NO/c1-13(2)15(3,4)12-17-14-7-10-18-16(11-14)8-5-6-9-16/h13-14,17H,5-12H2,1-4H3. The maximum atomic E-state index is 6.10. The zero-order chi connectivity index (χ0) is 13.2. The van der Waals surface area contributed by atoms with E-state index in [9.17, 15) is 0 Å². The van der Waals surface area contributed by atoms with Gasteiger partial charge in [0.05, 0.1) is 5.60 Å². The molecule has 0 radical (unpaired) electrons. The first-order valence-corrected chi connectivity index (χ1v) is 7.81. The highest BCUT2D eigenvalue weighted by atomic mass is 16.5. The number of rotatable bonds is 4. The van der Waals surface area contributed by atoms with Crippen molar-refractivity contribution in [3.63, 3.8) is 0 Å². The minimum atomic E-state index is 0.248. The van der Waals surface area contributed by atoms with Crippen LogP contribution < -0.4 is 5.32 Å². The van der Waals surface area contributed by atoms with Crippen molar-refractivity contribution in [1.29, 1.82) is 0 Å². The lowest BCUT2D eigenvalue weighted by Gasteiger charge is -2.40. The summed E-state index contributed by atoms with van der Waals surface area (Å²) >= 11 is 0. The van der Waals surface area contributed by atoms with Crippen molar-refractivity contribution in [2.45, 2.75) is 77.9 Å². The zero-order valence-corrected chi connectivity index (χ0v) is 12.7. The van der Waals surface area contributed by atoms with Gasteiger partial charge in [0.2, 0.25) is 0 Å². The first-order valence-electron chi connectivity index (χ1n) is 7.81. The lowest BCUT2D eigenvalue weighted by atomic mass is 9.80. The van der Waals surface area contributed by atoms with E-state index in [0.717, 1.165) is 19.1 Å². The molecule has 1 aliphatic heterocycles. The third kappa shape index (κ3) is 3.27. The van der Waals surface area contributed by atoms with Gasteiger partial charge in [-0.3, -0.25) is 0 Å². The van der Waals surface area contributed by atoms with Crippen LogP contribution in [0.2, 0.25) is 0 Å². The molecule has 1 heterocycles. The highest BCUT2D eigenvalue weighted by Crippen LogP contribution is 2.40. The van der Waals surface area contributed by atoms with E-state index in [0.29, 0.717) is 11.5 Å². The van der Waals surface area contributed by atoms with Crippen molar-refractivity contribution in [1.82, 2.24) is 5.32 Å². The van der Waals surface area contributed by atoms with Crippen molar-refractivity contribution >= 4 is 0 Å². The summed E-state index contributed by atoms with van der Waals surface area (Å²) in [6.07, 6.45) is 7.74. The van der Waals surface area contributed by atoms with E-state index in [1.807, 2.05) is 0 Å². The smallest absolute Gasteiger partial charge is 0.0697 e. The molecule has 106 valence electrons. The van der Waals surface area contributed by atoms with Crippen molar-refractivity contribution < 1.29 is 4.74 Å². The lowest BCUT2D eigenvalue weighted by Crippen LogP contribution is -2.48. The largest absolute Gasteiger partial charge is 0.375 e. The van der Waals surface area contributed by atoms with Crippen LogP contribution in [-0.2, 0) is 4.74 Å². The zero-order valence-electron chi connectivity index (χ0n) is 12.7. The molecule has 1 saturated carbocycles. The SMILES string of the molecule is CC(C)C(C)(C)CNC1CCOC2(CCCC2)C1. The van der Waals surface area contributed by atoms with E-state index >= 15 is 0 Å². The van der Waals surface area contributed by atoms with Crippen LogP contribution in [-0.4, -0.2) is 24.8 Å². The fourth-order valence-electron chi connectivity index (χ4n) is 3.18. The maximum absolute atomic E-state index is 6.10. The van der Waals surface area contributed by atoms with E-state index in [2.05, 4.69) is 33.0 Å². The molecule has 0 aromatic carbocycles. The summed E-state index contributed by atoms with van der Waals surface area (Å²) in [5.41, 5.74) is 0.638. The topological polar surface area (TPSA) is 21.3 Å². The van der Waals surface area contributed by atoms with Crippen LogP contribution in [0.25, 0.3) is 0 Å². The Labute approximate surface area is 113 Å². The quantitative estimate of drug-likeness (QED) is 0.824. The maximum Gasteiger partial charge on any atom is 0.0697 e. The highest BCUT2D eigenvalue weighted by Gasteiger charge is 2.40. The molecular formula is C16H31NO. The number of nitrogens with one attached hydrogen (secondary N) is 1. The van der Waals surface area contributed by atoms with Gasteiger partial charge in [-0.25, -0.2) is 0 Å². The summed E-state index contributed by atoms with van der Waals surface area (Å²) in [5.74, 6) is 0.727. The molecule has 1 spiro atoms. The predicted molar refractivity (Wildman–Crippen MR) is 76.8 cm³/mol. The Morgan fingerprint density at radius 3 is 2.56 bits per heavy atom. The molecule has 2 nitrogen and oxygen atoms in total. The van der Waals surface area contributed by atoms with Gasteiger partial charge in [0.1, 0.15) is 0 Å². The Morgan fingerprint density at radius 1 is 1.28 bits per heavy atom. The summed E-state index contributed by atoms with van der Waals surface area (Å²) in [6.45, 7) is 11.5. The fraction of sp³-hybridized carbons (Fsp3) is 1.00. The van der Waals surface area contributed by atoms with Gasteiger partial charge < -0.3 is 10.1 Å². The molecule has 0 aromatic rings. The lowest BCUT2D eigenvalue weighted by molar-refractivity contribution is -0.0845. The third-order valence-electron chi connectivity index (χ3n) is 5.42. The van der Waals surface area contributed by atoms with E-state index in [1.165, 1.54) is 38.5 Å². The molecule has 1 N–H and O–H groups in total. The van der Waals surface area contributed by atoms with Gasteiger partial charge in [-0.1, -0.05) is 40.5 Å². The van der Waals surface area contributed by atoms with Crippen molar-refractivity contribution in [3.8, 4) is 0 Å². The summed E-state index contributed by atoms with van der Waals surface area (Å²) in [7, 11) is 0. The summed E-state index contributed by atoms with van der Waals surface area (Å²) in [4.78, 5) is 0. The summed E-state index contributed by atoms with van der Waals surface area (Å²) in [5, 5.41) is 3.81. The first-order chi connectivity index (χ1) is 8.44. The number of hydrogen-bond acceptors (Lipinski definition) is 2. The summed E-state index contributed by atoms with van der Waals surface area (Å²) < 4.78 is 6.10. The van der Waals surface area contributed by atoms with E-state index in [-0.39, 0.29) is 5.60 Å². The molecule has 2 aliphatic rings. The van der Waals surface area contributed by atoms with Crippen LogP contribution >= 0.6 is 0 Å². The second kappa shape index (κ2) is 5.50. The van der Waals surface area contributed by atoms with Gasteiger partial charge in [0.15, 0.2) is 0 Å². The predicted octanol–water partition coefficient (Wildman–Crippen LogP) is 3.75. The molecule has 0 aromatic heterocycles. The minimum absolute atomic E-state index is 0.248. The molecule has 0 bridgehead atoms. The monoisotopic (exact) mass is 253 g/mol. The van der Waals surface area contributed by atoms with Crippen LogP contribution in [0.3, 0.4) is 0 Å². The van der Waals surface area contributed by atoms with Gasteiger partial charge >= 0.3 is 0 Å². The van der Waals surface area contributed by atoms with E-state index in [4.69, 9.17) is 4.74 Å².